The molecular weight excluding hydrogens is 603 g/mol. The van der Waals surface area contributed by atoms with Crippen LogP contribution in [0, 0.1) is 0 Å². The lowest BCUT2D eigenvalue weighted by atomic mass is 10.1. The molecule has 0 radical (unpaired) electrons. The lowest BCUT2D eigenvalue weighted by Crippen LogP contribution is -1.97. The molecule has 0 rings (SSSR count). The number of phosphoric ester groups is 1. The largest absolute Gasteiger partial charge is 0.469 e. The van der Waals surface area contributed by atoms with Gasteiger partial charge in [0.1, 0.15) is 0 Å². The van der Waals surface area contributed by atoms with Gasteiger partial charge in [0.25, 0.3) is 0 Å². The Morgan fingerprint density at radius 2 is 0.681 bits per heavy atom. The third-order valence-corrected chi connectivity index (χ3v) is 8.71. The molecule has 0 fully saturated rings. The average Bonchev–Trinajstić information content (AvgIpc) is 3.05. The highest BCUT2D eigenvalue weighted by Gasteiger charge is 2.11. The van der Waals surface area contributed by atoms with Gasteiger partial charge >= 0.3 is 7.82 Å². The molecule has 0 aliphatic heterocycles. The number of nitrogens with two attached hydrogens (primary N) is 2. The van der Waals surface area contributed by atoms with Crippen LogP contribution in [0.5, 0.6) is 0 Å². The monoisotopic (exact) mass is 689 g/mol. The highest BCUT2D eigenvalue weighted by molar-refractivity contribution is 7.46. The van der Waals surface area contributed by atoms with Crippen molar-refractivity contribution in [3.05, 3.63) is 24.3 Å². The summed E-state index contributed by atoms with van der Waals surface area (Å²) in [7, 11) is -4.20. The normalized spacial score (nSPS) is 11.6. The molecule has 0 atom stereocenters. The summed E-state index contributed by atoms with van der Waals surface area (Å²) >= 11 is 0. The summed E-state index contributed by atoms with van der Waals surface area (Å²) in [6.07, 6.45) is 49.3. The number of hydrogen-bond donors (Lipinski definition) is 4. The molecule has 7 heteroatoms. The zero-order valence-electron chi connectivity index (χ0n) is 32.0. The zero-order chi connectivity index (χ0) is 35.4. The Bertz CT molecular complexity index is 600. The van der Waals surface area contributed by atoms with Gasteiger partial charge in [0.2, 0.25) is 0 Å². The molecule has 0 saturated carbocycles. The smallest absolute Gasteiger partial charge is 0.330 e. The Hall–Kier alpha value is -0.490. The van der Waals surface area contributed by atoms with Crippen molar-refractivity contribution in [1.29, 1.82) is 0 Å². The van der Waals surface area contributed by atoms with Crippen molar-refractivity contribution in [3.63, 3.8) is 0 Å². The molecule has 0 aromatic carbocycles. The molecular formula is C40H85N2O4P. The predicted octanol–water partition coefficient (Wildman–Crippen LogP) is 12.9. The molecule has 0 bridgehead atoms. The fourth-order valence-corrected chi connectivity index (χ4v) is 5.48. The number of rotatable bonds is 34. The SMILES string of the molecule is CCCCCCCC/C=C\CCCCCCCCN.CCCCCCCC/C=C\CCCCCCCCN.CCCCOP(=O)(O)O. The second-order valence-electron chi connectivity index (χ2n) is 13.1. The van der Waals surface area contributed by atoms with E-state index in [1.165, 1.54) is 180 Å². The summed E-state index contributed by atoms with van der Waals surface area (Å²) in [6.45, 7) is 8.34. The van der Waals surface area contributed by atoms with Gasteiger partial charge in [-0.25, -0.2) is 4.57 Å². The van der Waals surface area contributed by atoms with E-state index in [0.29, 0.717) is 6.42 Å². The maximum atomic E-state index is 9.98. The van der Waals surface area contributed by atoms with Gasteiger partial charge in [-0.15, -0.1) is 0 Å². The first kappa shape index (κ1) is 50.9. The van der Waals surface area contributed by atoms with Crippen LogP contribution in [-0.2, 0) is 9.09 Å². The predicted molar refractivity (Wildman–Crippen MR) is 210 cm³/mol. The third-order valence-electron chi connectivity index (χ3n) is 8.19. The van der Waals surface area contributed by atoms with Crippen LogP contribution in [-0.4, -0.2) is 29.5 Å². The second kappa shape index (κ2) is 47.6. The molecule has 0 heterocycles. The lowest BCUT2D eigenvalue weighted by Gasteiger charge is -2.02. The van der Waals surface area contributed by atoms with Gasteiger partial charge in [-0.1, -0.05) is 167 Å². The minimum Gasteiger partial charge on any atom is -0.330 e. The van der Waals surface area contributed by atoms with E-state index in [1.807, 2.05) is 6.92 Å². The molecule has 0 spiro atoms. The summed E-state index contributed by atoms with van der Waals surface area (Å²) in [5.41, 5.74) is 10.9. The van der Waals surface area contributed by atoms with E-state index in [0.717, 1.165) is 19.5 Å². The number of hydrogen-bond acceptors (Lipinski definition) is 4. The van der Waals surface area contributed by atoms with Crippen LogP contribution >= 0.6 is 7.82 Å². The fraction of sp³-hybridized carbons (Fsp3) is 0.900. The first-order valence-corrected chi connectivity index (χ1v) is 21.8. The molecule has 6 N–H and O–H groups in total. The van der Waals surface area contributed by atoms with Gasteiger partial charge in [0.15, 0.2) is 0 Å². The number of phosphoric acid groups is 1. The van der Waals surface area contributed by atoms with Gasteiger partial charge in [-0.3, -0.25) is 4.52 Å². The van der Waals surface area contributed by atoms with Crippen molar-refractivity contribution in [1.82, 2.24) is 0 Å². The highest BCUT2D eigenvalue weighted by atomic mass is 31.2. The average molecular weight is 689 g/mol. The van der Waals surface area contributed by atoms with Gasteiger partial charge < -0.3 is 21.3 Å². The van der Waals surface area contributed by atoms with Crippen LogP contribution in [0.15, 0.2) is 24.3 Å². The third kappa shape index (κ3) is 61.2. The van der Waals surface area contributed by atoms with E-state index in [1.54, 1.807) is 0 Å². The zero-order valence-corrected chi connectivity index (χ0v) is 32.9. The molecule has 0 aromatic rings. The maximum Gasteiger partial charge on any atom is 0.469 e. The van der Waals surface area contributed by atoms with Crippen molar-refractivity contribution < 1.29 is 18.9 Å². The minimum atomic E-state index is -4.20. The van der Waals surface area contributed by atoms with Gasteiger partial charge in [0, 0.05) is 0 Å². The van der Waals surface area contributed by atoms with E-state index in [2.05, 4.69) is 42.7 Å². The van der Waals surface area contributed by atoms with Crippen molar-refractivity contribution in [3.8, 4) is 0 Å². The summed E-state index contributed by atoms with van der Waals surface area (Å²) in [4.78, 5) is 16.3. The second-order valence-corrected chi connectivity index (χ2v) is 14.4. The maximum absolute atomic E-state index is 9.98. The number of unbranched alkanes of at least 4 members (excludes halogenated alkanes) is 25. The van der Waals surface area contributed by atoms with Gasteiger partial charge in [0.05, 0.1) is 6.61 Å². The minimum absolute atomic E-state index is 0.140. The van der Waals surface area contributed by atoms with E-state index in [4.69, 9.17) is 21.3 Å². The van der Waals surface area contributed by atoms with Crippen LogP contribution in [0.2, 0.25) is 0 Å². The van der Waals surface area contributed by atoms with Crippen LogP contribution in [0.25, 0.3) is 0 Å². The van der Waals surface area contributed by atoms with Gasteiger partial charge in [-0.2, -0.15) is 0 Å². The summed E-state index contributed by atoms with van der Waals surface area (Å²) < 4.78 is 14.1. The summed E-state index contributed by atoms with van der Waals surface area (Å²) in [6, 6.07) is 0. The molecule has 0 aliphatic carbocycles. The first-order valence-electron chi connectivity index (χ1n) is 20.3. The van der Waals surface area contributed by atoms with Crippen LogP contribution in [0.3, 0.4) is 0 Å². The first-order chi connectivity index (χ1) is 22.9. The molecule has 284 valence electrons. The Morgan fingerprint density at radius 1 is 0.426 bits per heavy atom. The Labute approximate surface area is 295 Å². The molecule has 0 amide bonds. The van der Waals surface area contributed by atoms with Crippen molar-refractivity contribution >= 4 is 7.82 Å². The molecule has 0 unspecified atom stereocenters. The van der Waals surface area contributed by atoms with Crippen molar-refractivity contribution in [2.24, 2.45) is 11.5 Å². The van der Waals surface area contributed by atoms with Crippen LogP contribution in [0.1, 0.15) is 213 Å². The van der Waals surface area contributed by atoms with Crippen molar-refractivity contribution in [2.45, 2.75) is 213 Å². The number of allylic oxidation sites excluding steroid dienone is 4. The molecule has 47 heavy (non-hydrogen) atoms. The van der Waals surface area contributed by atoms with E-state index in [-0.39, 0.29) is 6.61 Å². The molecule has 6 nitrogen and oxygen atoms in total. The Kier molecular flexibility index (Phi) is 51.6. The van der Waals surface area contributed by atoms with E-state index in [9.17, 15) is 4.57 Å². The Balaban J connectivity index is -0.000000658. The quantitative estimate of drug-likeness (QED) is 0.0303. The van der Waals surface area contributed by atoms with Gasteiger partial charge in [-0.05, 0) is 83.7 Å². The standard InChI is InChI=1S/2C18H37N.C4H11O4P/c2*1-2-3-4-5-6-7-8-9-10-11-12-13-14-15-16-17-18-19;1-2-3-4-8-9(5,6)7/h2*9-10H,2-8,11-19H2,1H3;2-4H2,1H3,(H2,5,6,7)/b2*10-9-;. The Morgan fingerprint density at radius 3 is 0.936 bits per heavy atom. The fourth-order valence-electron chi connectivity index (χ4n) is 5.11. The molecule has 0 saturated heterocycles. The summed E-state index contributed by atoms with van der Waals surface area (Å²) in [5.74, 6) is 0. The lowest BCUT2D eigenvalue weighted by molar-refractivity contribution is 0.194. The van der Waals surface area contributed by atoms with E-state index >= 15 is 0 Å². The molecule has 0 aromatic heterocycles. The van der Waals surface area contributed by atoms with Crippen molar-refractivity contribution in [2.75, 3.05) is 19.7 Å². The highest BCUT2D eigenvalue weighted by Crippen LogP contribution is 2.35. The van der Waals surface area contributed by atoms with Crippen LogP contribution < -0.4 is 11.5 Å². The molecule has 0 aliphatic rings. The summed E-state index contributed by atoms with van der Waals surface area (Å²) in [5, 5.41) is 0. The topological polar surface area (TPSA) is 119 Å². The van der Waals surface area contributed by atoms with Crippen LogP contribution in [0.4, 0.5) is 0 Å². The van der Waals surface area contributed by atoms with E-state index < -0.39 is 7.82 Å².